The number of amides is 1. The van der Waals surface area contributed by atoms with Crippen molar-refractivity contribution in [3.8, 4) is 0 Å². The fraction of sp³-hybridized carbons (Fsp3) is 0.474. The average Bonchev–Trinajstić information content (AvgIpc) is 3.28. The molecule has 0 aliphatic carbocycles. The Labute approximate surface area is 159 Å². The quantitative estimate of drug-likeness (QED) is 0.668. The molecule has 0 aromatic carbocycles. The molecule has 0 aliphatic rings. The number of aromatic nitrogens is 6. The number of aryl methyl sites for hydroxylation is 4. The van der Waals surface area contributed by atoms with E-state index in [0.29, 0.717) is 18.9 Å². The molecule has 3 aromatic heterocycles. The van der Waals surface area contributed by atoms with Crippen molar-refractivity contribution < 1.29 is 4.79 Å². The van der Waals surface area contributed by atoms with E-state index in [9.17, 15) is 4.79 Å². The molecule has 0 spiro atoms. The Morgan fingerprint density at radius 3 is 2.44 bits per heavy atom. The van der Waals surface area contributed by atoms with E-state index in [0.717, 1.165) is 34.9 Å². The lowest BCUT2D eigenvalue weighted by molar-refractivity contribution is 0.0777. The Kier molecular flexibility index (Phi) is 5.16. The summed E-state index contributed by atoms with van der Waals surface area (Å²) < 4.78 is 5.56. The highest BCUT2D eigenvalue weighted by molar-refractivity contribution is 5.92. The summed E-state index contributed by atoms with van der Waals surface area (Å²) in [5.74, 6) is -0.106. The first-order valence-corrected chi connectivity index (χ1v) is 9.13. The highest BCUT2D eigenvalue weighted by atomic mass is 16.2. The molecule has 27 heavy (non-hydrogen) atoms. The van der Waals surface area contributed by atoms with Gasteiger partial charge < -0.3 is 4.90 Å². The molecule has 0 aliphatic heterocycles. The third-order valence-electron chi connectivity index (χ3n) is 4.81. The second-order valence-corrected chi connectivity index (χ2v) is 6.93. The van der Waals surface area contributed by atoms with Crippen molar-refractivity contribution in [2.24, 2.45) is 0 Å². The van der Waals surface area contributed by atoms with E-state index < -0.39 is 0 Å². The summed E-state index contributed by atoms with van der Waals surface area (Å²) in [6, 6.07) is 3.77. The number of rotatable bonds is 6. The zero-order chi connectivity index (χ0) is 19.7. The Hall–Kier alpha value is -2.90. The van der Waals surface area contributed by atoms with Crippen molar-refractivity contribution in [3.63, 3.8) is 0 Å². The lowest BCUT2D eigenvalue weighted by atomic mass is 10.2. The zero-order valence-corrected chi connectivity index (χ0v) is 16.9. The number of hydrogen-bond acceptors (Lipinski definition) is 4. The first kappa shape index (κ1) is 18.9. The normalized spacial score (nSPS) is 11.2. The van der Waals surface area contributed by atoms with Crippen LogP contribution in [0.4, 0.5) is 0 Å². The summed E-state index contributed by atoms with van der Waals surface area (Å²) in [5, 5.41) is 13.4. The number of carbonyl (C=O) groups excluding carboxylic acids is 1. The van der Waals surface area contributed by atoms with Gasteiger partial charge in [-0.25, -0.2) is 4.68 Å². The maximum Gasteiger partial charge on any atom is 0.274 e. The Bertz CT molecular complexity index is 963. The van der Waals surface area contributed by atoms with Crippen LogP contribution < -0.4 is 0 Å². The van der Waals surface area contributed by atoms with Crippen LogP contribution in [0.15, 0.2) is 18.3 Å². The van der Waals surface area contributed by atoms with E-state index in [4.69, 9.17) is 0 Å². The van der Waals surface area contributed by atoms with Crippen LogP contribution in [0.3, 0.4) is 0 Å². The predicted octanol–water partition coefficient (Wildman–Crippen LogP) is 2.31. The van der Waals surface area contributed by atoms with Gasteiger partial charge in [-0.1, -0.05) is 0 Å². The van der Waals surface area contributed by atoms with E-state index in [2.05, 4.69) is 22.2 Å². The molecule has 8 nitrogen and oxygen atoms in total. The second kappa shape index (κ2) is 7.38. The number of hydrogen-bond donors (Lipinski definition) is 0. The Morgan fingerprint density at radius 1 is 1.11 bits per heavy atom. The summed E-state index contributed by atoms with van der Waals surface area (Å²) in [5.41, 5.74) is 5.61. The molecule has 0 saturated heterocycles. The number of nitrogens with zero attached hydrogens (tertiary/aromatic N) is 7. The van der Waals surface area contributed by atoms with Gasteiger partial charge in [-0.2, -0.15) is 15.3 Å². The molecule has 3 heterocycles. The van der Waals surface area contributed by atoms with Gasteiger partial charge in [0.25, 0.3) is 5.91 Å². The van der Waals surface area contributed by atoms with Crippen molar-refractivity contribution in [3.05, 3.63) is 52.4 Å². The first-order valence-electron chi connectivity index (χ1n) is 9.13. The molecule has 0 saturated carbocycles. The average molecular weight is 369 g/mol. The van der Waals surface area contributed by atoms with Gasteiger partial charge in [-0.3, -0.25) is 14.2 Å². The van der Waals surface area contributed by atoms with E-state index >= 15 is 0 Å². The van der Waals surface area contributed by atoms with Gasteiger partial charge in [0.1, 0.15) is 12.4 Å². The molecule has 0 fully saturated rings. The van der Waals surface area contributed by atoms with Crippen LogP contribution in [0.2, 0.25) is 0 Å². The van der Waals surface area contributed by atoms with Crippen LogP contribution in [0.1, 0.15) is 45.8 Å². The maximum absolute atomic E-state index is 12.8. The van der Waals surface area contributed by atoms with Crippen molar-refractivity contribution in [1.82, 2.24) is 34.2 Å². The minimum atomic E-state index is -0.106. The van der Waals surface area contributed by atoms with Crippen LogP contribution in [0.25, 0.3) is 0 Å². The zero-order valence-electron chi connectivity index (χ0n) is 16.9. The lowest BCUT2D eigenvalue weighted by Crippen LogP contribution is -2.27. The topological polar surface area (TPSA) is 73.8 Å². The summed E-state index contributed by atoms with van der Waals surface area (Å²) in [7, 11) is 1.80. The monoisotopic (exact) mass is 369 g/mol. The van der Waals surface area contributed by atoms with Crippen LogP contribution in [0, 0.1) is 27.7 Å². The van der Waals surface area contributed by atoms with Gasteiger partial charge in [0.05, 0.1) is 11.4 Å². The van der Waals surface area contributed by atoms with Gasteiger partial charge in [-0.05, 0) is 46.8 Å². The first-order chi connectivity index (χ1) is 12.8. The third-order valence-corrected chi connectivity index (χ3v) is 4.81. The fourth-order valence-electron chi connectivity index (χ4n) is 3.29. The van der Waals surface area contributed by atoms with Crippen LogP contribution in [-0.2, 0) is 19.8 Å². The van der Waals surface area contributed by atoms with Gasteiger partial charge in [-0.15, -0.1) is 0 Å². The minimum Gasteiger partial charge on any atom is -0.336 e. The molecule has 0 radical (unpaired) electrons. The molecule has 144 valence electrons. The molecule has 0 unspecified atom stereocenters. The van der Waals surface area contributed by atoms with E-state index in [1.807, 2.05) is 49.3 Å². The molecular weight excluding hydrogens is 342 g/mol. The molecule has 8 heteroatoms. The van der Waals surface area contributed by atoms with E-state index in [1.54, 1.807) is 22.7 Å². The molecule has 3 rings (SSSR count). The van der Waals surface area contributed by atoms with Gasteiger partial charge >= 0.3 is 0 Å². The summed E-state index contributed by atoms with van der Waals surface area (Å²) >= 11 is 0. The van der Waals surface area contributed by atoms with Crippen molar-refractivity contribution in [2.45, 2.75) is 54.4 Å². The molecule has 3 aromatic rings. The Morgan fingerprint density at radius 2 is 1.85 bits per heavy atom. The van der Waals surface area contributed by atoms with Crippen LogP contribution in [-0.4, -0.2) is 47.2 Å². The van der Waals surface area contributed by atoms with E-state index in [1.165, 1.54) is 0 Å². The highest BCUT2D eigenvalue weighted by Gasteiger charge is 2.19. The van der Waals surface area contributed by atoms with Gasteiger partial charge in [0.2, 0.25) is 0 Å². The van der Waals surface area contributed by atoms with Crippen molar-refractivity contribution >= 4 is 5.91 Å². The smallest absolute Gasteiger partial charge is 0.274 e. The van der Waals surface area contributed by atoms with Crippen LogP contribution in [0.5, 0.6) is 0 Å². The number of carbonyl (C=O) groups is 1. The molecular formula is C19H27N7O. The maximum atomic E-state index is 12.8. The van der Waals surface area contributed by atoms with Crippen molar-refractivity contribution in [2.75, 3.05) is 7.05 Å². The molecule has 0 N–H and O–H groups in total. The van der Waals surface area contributed by atoms with Crippen molar-refractivity contribution in [1.29, 1.82) is 0 Å². The summed E-state index contributed by atoms with van der Waals surface area (Å²) in [6.45, 7) is 11.9. The summed E-state index contributed by atoms with van der Waals surface area (Å²) in [6.07, 6.45) is 1.81. The SMILES string of the molecule is CCn1nc(C)c(CN(C)C(=O)c2ccn(Cn3nc(C)cc3C)n2)c1C. The molecule has 1 amide bonds. The summed E-state index contributed by atoms with van der Waals surface area (Å²) in [4.78, 5) is 14.5. The van der Waals surface area contributed by atoms with Gasteiger partial charge in [0.15, 0.2) is 0 Å². The lowest BCUT2D eigenvalue weighted by Gasteiger charge is -2.16. The van der Waals surface area contributed by atoms with E-state index in [-0.39, 0.29) is 5.91 Å². The minimum absolute atomic E-state index is 0.106. The second-order valence-electron chi connectivity index (χ2n) is 6.93. The molecule has 0 bridgehead atoms. The largest absolute Gasteiger partial charge is 0.336 e. The standard InChI is InChI=1S/C19H27N7O/c1-7-25-16(5)17(15(4)21-25)11-23(6)19(27)18-8-9-24(22-18)12-26-14(3)10-13(2)20-26/h8-10H,7,11-12H2,1-6H3. The Balaban J connectivity index is 1.72. The molecule has 0 atom stereocenters. The van der Waals surface area contributed by atoms with Gasteiger partial charge in [0, 0.05) is 43.3 Å². The highest BCUT2D eigenvalue weighted by Crippen LogP contribution is 2.16. The predicted molar refractivity (Wildman–Crippen MR) is 102 cm³/mol. The third kappa shape index (κ3) is 3.79. The van der Waals surface area contributed by atoms with Crippen LogP contribution >= 0.6 is 0 Å². The fourth-order valence-corrected chi connectivity index (χ4v) is 3.29.